The van der Waals surface area contributed by atoms with Gasteiger partial charge in [0.15, 0.2) is 0 Å². The van der Waals surface area contributed by atoms with E-state index < -0.39 is 11.9 Å². The Bertz CT molecular complexity index is 663. The Hall–Kier alpha value is -1.44. The molecule has 19 heavy (non-hydrogen) atoms. The third kappa shape index (κ3) is 2.63. The van der Waals surface area contributed by atoms with Crippen molar-refractivity contribution >= 4 is 51.3 Å². The lowest BCUT2D eigenvalue weighted by atomic mass is 10.2. The number of carbonyl (C=O) groups is 2. The Kier molecular flexibility index (Phi) is 3.88. The fourth-order valence-corrected chi connectivity index (χ4v) is 3.41. The van der Waals surface area contributed by atoms with E-state index in [9.17, 15) is 9.59 Å². The van der Waals surface area contributed by atoms with Crippen LogP contribution in [0.5, 0.6) is 0 Å². The summed E-state index contributed by atoms with van der Waals surface area (Å²) in [4.78, 5) is 23.5. The summed E-state index contributed by atoms with van der Waals surface area (Å²) in [6, 6.07) is 0. The van der Waals surface area contributed by atoms with Crippen molar-refractivity contribution in [1.29, 1.82) is 0 Å². The highest BCUT2D eigenvalue weighted by atomic mass is 35.5. The molecule has 0 atom stereocenters. The van der Waals surface area contributed by atoms with Crippen LogP contribution in [0.3, 0.4) is 0 Å². The van der Waals surface area contributed by atoms with E-state index in [0.717, 1.165) is 17.1 Å². The zero-order valence-electron chi connectivity index (χ0n) is 9.98. The van der Waals surface area contributed by atoms with Crippen LogP contribution in [0.1, 0.15) is 31.3 Å². The van der Waals surface area contributed by atoms with Crippen molar-refractivity contribution in [2.24, 2.45) is 0 Å². The van der Waals surface area contributed by atoms with Crippen LogP contribution < -0.4 is 5.32 Å². The van der Waals surface area contributed by atoms with Crippen LogP contribution >= 0.6 is 34.5 Å². The van der Waals surface area contributed by atoms with Gasteiger partial charge in [0.05, 0.1) is 10.7 Å². The highest BCUT2D eigenvalue weighted by molar-refractivity contribution is 7.13. The summed E-state index contributed by atoms with van der Waals surface area (Å²) in [5.41, 5.74) is 1.21. The number of carboxylic acids is 1. The van der Waals surface area contributed by atoms with Crippen LogP contribution in [0.25, 0.3) is 0 Å². The number of halogens is 1. The van der Waals surface area contributed by atoms with Gasteiger partial charge in [-0.1, -0.05) is 11.6 Å². The average molecular weight is 317 g/mol. The molecule has 8 heteroatoms. The molecule has 1 amide bonds. The molecule has 0 radical (unpaired) electrons. The van der Waals surface area contributed by atoms with E-state index in [2.05, 4.69) is 9.69 Å². The number of aryl methyl sites for hydroxylation is 2. The van der Waals surface area contributed by atoms with Gasteiger partial charge in [-0.3, -0.25) is 4.79 Å². The summed E-state index contributed by atoms with van der Waals surface area (Å²) in [7, 11) is 0. The van der Waals surface area contributed by atoms with Gasteiger partial charge in [-0.05, 0) is 36.3 Å². The van der Waals surface area contributed by atoms with Gasteiger partial charge in [0, 0.05) is 0 Å². The van der Waals surface area contributed by atoms with Gasteiger partial charge >= 0.3 is 5.97 Å². The number of anilines is 1. The van der Waals surface area contributed by atoms with E-state index in [1.54, 1.807) is 19.2 Å². The summed E-state index contributed by atoms with van der Waals surface area (Å²) in [6.45, 7) is 3.38. The Morgan fingerprint density at radius 3 is 2.63 bits per heavy atom. The fourth-order valence-electron chi connectivity index (χ4n) is 1.45. The van der Waals surface area contributed by atoms with E-state index in [4.69, 9.17) is 16.7 Å². The van der Waals surface area contributed by atoms with Crippen LogP contribution in [-0.2, 0) is 0 Å². The van der Waals surface area contributed by atoms with Crippen molar-refractivity contribution in [2.75, 3.05) is 5.32 Å². The molecular formula is C11H9ClN2O3S2. The molecule has 0 aromatic carbocycles. The molecule has 2 N–H and O–H groups in total. The minimum atomic E-state index is -1.12. The van der Waals surface area contributed by atoms with E-state index in [-0.39, 0.29) is 10.6 Å². The predicted molar refractivity (Wildman–Crippen MR) is 75.8 cm³/mol. The summed E-state index contributed by atoms with van der Waals surface area (Å²) >= 11 is 8.15. The first kappa shape index (κ1) is 14.0. The van der Waals surface area contributed by atoms with Gasteiger partial charge in [-0.15, -0.1) is 11.3 Å². The molecule has 2 heterocycles. The van der Waals surface area contributed by atoms with Crippen molar-refractivity contribution in [3.63, 3.8) is 0 Å². The third-order valence-electron chi connectivity index (χ3n) is 2.41. The molecule has 2 aromatic rings. The third-order valence-corrected chi connectivity index (χ3v) is 4.96. The van der Waals surface area contributed by atoms with E-state index in [0.29, 0.717) is 15.6 Å². The predicted octanol–water partition coefficient (Wildman–Crippen LogP) is 3.43. The monoisotopic (exact) mass is 316 g/mol. The van der Waals surface area contributed by atoms with Gasteiger partial charge in [0.25, 0.3) is 5.91 Å². The number of carbonyl (C=O) groups excluding carboxylic acids is 1. The maximum atomic E-state index is 12.0. The normalized spacial score (nSPS) is 10.5. The van der Waals surface area contributed by atoms with Crippen molar-refractivity contribution in [1.82, 2.24) is 4.37 Å². The second kappa shape index (κ2) is 5.28. The molecular weight excluding hydrogens is 308 g/mol. The summed E-state index contributed by atoms with van der Waals surface area (Å²) in [5.74, 6) is -1.54. The number of aromatic nitrogens is 1. The Labute approximate surface area is 122 Å². The van der Waals surface area contributed by atoms with Gasteiger partial charge in [-0.2, -0.15) is 4.37 Å². The number of carboxylic acid groups (broad SMARTS) is 1. The van der Waals surface area contributed by atoms with Crippen LogP contribution in [0.2, 0.25) is 5.02 Å². The quantitative estimate of drug-likeness (QED) is 0.909. The van der Waals surface area contributed by atoms with E-state index in [1.165, 1.54) is 11.3 Å². The Morgan fingerprint density at radius 1 is 1.42 bits per heavy atom. The molecule has 0 unspecified atom stereocenters. The highest BCUT2D eigenvalue weighted by Gasteiger charge is 2.21. The molecule has 0 aliphatic rings. The smallest absolute Gasteiger partial charge is 0.340 e. The van der Waals surface area contributed by atoms with Crippen LogP contribution in [0, 0.1) is 13.8 Å². The zero-order chi connectivity index (χ0) is 14.2. The van der Waals surface area contributed by atoms with Crippen LogP contribution in [-0.4, -0.2) is 21.4 Å². The molecule has 0 fully saturated rings. The number of aromatic carboxylic acids is 1. The van der Waals surface area contributed by atoms with E-state index in [1.807, 2.05) is 0 Å². The van der Waals surface area contributed by atoms with Crippen LogP contribution in [0.4, 0.5) is 5.00 Å². The number of amides is 1. The molecule has 0 aliphatic heterocycles. The average Bonchev–Trinajstić information content (AvgIpc) is 2.84. The molecule has 100 valence electrons. The Balaban J connectivity index is 2.30. The zero-order valence-corrected chi connectivity index (χ0v) is 12.4. The fraction of sp³-hybridized carbons (Fsp3) is 0.182. The molecule has 0 bridgehead atoms. The lowest BCUT2D eigenvalue weighted by molar-refractivity contribution is 0.0697. The lowest BCUT2D eigenvalue weighted by Gasteiger charge is -2.02. The standard InChI is InChI=1S/C11H9ClN2O3S2/c1-4-3-18-8(7(4)12)9(15)13-10-6(11(16)17)5(2)14-19-10/h3H,1-2H3,(H,13,15)(H,16,17). The van der Waals surface area contributed by atoms with Gasteiger partial charge in [-0.25, -0.2) is 4.79 Å². The molecule has 0 spiro atoms. The SMILES string of the molecule is Cc1csc(C(=O)Nc2snc(C)c2C(=O)O)c1Cl. The lowest BCUT2D eigenvalue weighted by Crippen LogP contribution is -2.12. The van der Waals surface area contributed by atoms with Gasteiger partial charge in [0.1, 0.15) is 15.4 Å². The number of hydrogen-bond donors (Lipinski definition) is 2. The highest BCUT2D eigenvalue weighted by Crippen LogP contribution is 2.30. The number of hydrogen-bond acceptors (Lipinski definition) is 5. The molecule has 5 nitrogen and oxygen atoms in total. The van der Waals surface area contributed by atoms with E-state index >= 15 is 0 Å². The summed E-state index contributed by atoms with van der Waals surface area (Å²) < 4.78 is 3.93. The van der Waals surface area contributed by atoms with Crippen molar-refractivity contribution in [3.8, 4) is 0 Å². The van der Waals surface area contributed by atoms with Gasteiger partial charge in [0.2, 0.25) is 0 Å². The first-order valence-corrected chi connectivity index (χ1v) is 7.19. The first-order valence-electron chi connectivity index (χ1n) is 5.16. The number of nitrogens with zero attached hydrogens (tertiary/aromatic N) is 1. The largest absolute Gasteiger partial charge is 0.478 e. The molecule has 2 aromatic heterocycles. The minimum absolute atomic E-state index is 0.0164. The molecule has 2 rings (SSSR count). The topological polar surface area (TPSA) is 79.3 Å². The van der Waals surface area contributed by atoms with Crippen molar-refractivity contribution < 1.29 is 14.7 Å². The van der Waals surface area contributed by atoms with Crippen molar-refractivity contribution in [3.05, 3.63) is 32.1 Å². The van der Waals surface area contributed by atoms with Crippen LogP contribution in [0.15, 0.2) is 5.38 Å². The first-order chi connectivity index (χ1) is 8.91. The maximum absolute atomic E-state index is 12.0. The minimum Gasteiger partial charge on any atom is -0.478 e. The second-order valence-corrected chi connectivity index (χ2v) is 5.82. The maximum Gasteiger partial charge on any atom is 0.340 e. The number of thiophene rings is 1. The Morgan fingerprint density at radius 2 is 2.11 bits per heavy atom. The number of nitrogens with one attached hydrogen (secondary N) is 1. The van der Waals surface area contributed by atoms with Crippen molar-refractivity contribution in [2.45, 2.75) is 13.8 Å². The number of rotatable bonds is 3. The van der Waals surface area contributed by atoms with Gasteiger partial charge < -0.3 is 10.4 Å². The summed E-state index contributed by atoms with van der Waals surface area (Å²) in [5, 5.41) is 14.0. The molecule has 0 saturated heterocycles. The molecule has 0 aliphatic carbocycles. The second-order valence-electron chi connectivity index (χ2n) is 3.79. The summed E-state index contributed by atoms with van der Waals surface area (Å²) in [6.07, 6.45) is 0. The molecule has 0 saturated carbocycles.